The molecule has 7 nitrogen and oxygen atoms in total. The van der Waals surface area contributed by atoms with E-state index >= 15 is 0 Å². The molecule has 2 aromatic carbocycles. The molecule has 0 radical (unpaired) electrons. The second-order valence-electron chi connectivity index (χ2n) is 4.92. The van der Waals surface area contributed by atoms with E-state index in [9.17, 15) is 18.5 Å². The number of rotatable bonds is 5. The number of hydrogen-bond donors (Lipinski definition) is 1. The molecule has 2 rings (SSSR count). The summed E-state index contributed by atoms with van der Waals surface area (Å²) in [6.07, 6.45) is 0. The summed E-state index contributed by atoms with van der Waals surface area (Å²) in [6.45, 7) is 1.84. The minimum atomic E-state index is -3.69. The van der Waals surface area contributed by atoms with Crippen molar-refractivity contribution < 1.29 is 18.5 Å². The maximum absolute atomic E-state index is 12.4. The topological polar surface area (TPSA) is 110 Å². The molecule has 1 N–H and O–H groups in total. The van der Waals surface area contributed by atoms with Crippen molar-refractivity contribution in [3.63, 3.8) is 0 Å². The van der Waals surface area contributed by atoms with Crippen LogP contribution in [0.5, 0.6) is 0 Å². The molecule has 0 amide bonds. The minimum absolute atomic E-state index is 0.0829. The largest absolute Gasteiger partial charge is 0.411 e. The molecular formula is C15H14N2O5S. The van der Waals surface area contributed by atoms with Crippen molar-refractivity contribution in [2.75, 3.05) is 5.75 Å². The summed E-state index contributed by atoms with van der Waals surface area (Å²) in [5, 5.41) is 22.8. The number of sulfone groups is 1. The fourth-order valence-electron chi connectivity index (χ4n) is 1.95. The number of oxime groups is 1. The summed E-state index contributed by atoms with van der Waals surface area (Å²) in [6, 6.07) is 11.4. The van der Waals surface area contributed by atoms with Gasteiger partial charge in [-0.15, -0.1) is 0 Å². The van der Waals surface area contributed by atoms with E-state index in [0.29, 0.717) is 5.56 Å². The quantitative estimate of drug-likeness (QED) is 0.391. The minimum Gasteiger partial charge on any atom is -0.411 e. The Morgan fingerprint density at radius 1 is 1.13 bits per heavy atom. The Bertz CT molecular complexity index is 840. The average Bonchev–Trinajstić information content (AvgIpc) is 2.53. The van der Waals surface area contributed by atoms with Crippen molar-refractivity contribution in [2.24, 2.45) is 5.16 Å². The lowest BCUT2D eigenvalue weighted by atomic mass is 10.1. The number of aryl methyl sites for hydroxylation is 1. The number of nitrogens with zero attached hydrogens (tertiary/aromatic N) is 2. The van der Waals surface area contributed by atoms with Gasteiger partial charge in [-0.3, -0.25) is 10.1 Å². The second-order valence-corrected chi connectivity index (χ2v) is 6.91. The van der Waals surface area contributed by atoms with Crippen molar-refractivity contribution in [3.05, 3.63) is 69.8 Å². The number of nitro benzene ring substituents is 1. The Hall–Kier alpha value is -2.74. The zero-order valence-corrected chi connectivity index (χ0v) is 13.0. The first kappa shape index (κ1) is 16.6. The molecule has 0 aliphatic carbocycles. The highest BCUT2D eigenvalue weighted by Crippen LogP contribution is 2.17. The van der Waals surface area contributed by atoms with Crippen LogP contribution in [0, 0.1) is 17.0 Å². The highest BCUT2D eigenvalue weighted by Gasteiger charge is 2.20. The van der Waals surface area contributed by atoms with E-state index in [4.69, 9.17) is 5.21 Å². The van der Waals surface area contributed by atoms with Crippen molar-refractivity contribution in [1.82, 2.24) is 0 Å². The zero-order chi connectivity index (χ0) is 17.0. The van der Waals surface area contributed by atoms with Crippen molar-refractivity contribution in [3.8, 4) is 0 Å². The summed E-state index contributed by atoms with van der Waals surface area (Å²) in [4.78, 5) is 10.2. The number of hydrogen-bond acceptors (Lipinski definition) is 6. The van der Waals surface area contributed by atoms with E-state index in [1.54, 1.807) is 12.1 Å². The van der Waals surface area contributed by atoms with Crippen LogP contribution in [-0.2, 0) is 9.84 Å². The monoisotopic (exact) mass is 334 g/mol. The lowest BCUT2D eigenvalue weighted by Gasteiger charge is -2.07. The van der Waals surface area contributed by atoms with Gasteiger partial charge in [-0.05, 0) is 31.2 Å². The third-order valence-electron chi connectivity index (χ3n) is 3.24. The summed E-state index contributed by atoms with van der Waals surface area (Å²) in [7, 11) is -3.69. The van der Waals surface area contributed by atoms with E-state index in [1.807, 2.05) is 6.92 Å². The molecule has 0 spiro atoms. The number of benzene rings is 2. The Morgan fingerprint density at radius 3 is 2.17 bits per heavy atom. The highest BCUT2D eigenvalue weighted by atomic mass is 32.2. The first-order chi connectivity index (χ1) is 10.8. The Kier molecular flexibility index (Phi) is 4.75. The van der Waals surface area contributed by atoms with E-state index in [1.165, 1.54) is 36.4 Å². The van der Waals surface area contributed by atoms with Gasteiger partial charge in [0.25, 0.3) is 5.69 Å². The van der Waals surface area contributed by atoms with E-state index in [0.717, 1.165) is 5.56 Å². The molecule has 0 bridgehead atoms. The van der Waals surface area contributed by atoms with Crippen LogP contribution in [0.4, 0.5) is 5.69 Å². The summed E-state index contributed by atoms with van der Waals surface area (Å²) < 4.78 is 24.7. The third-order valence-corrected chi connectivity index (χ3v) is 4.88. The van der Waals surface area contributed by atoms with Crippen LogP contribution < -0.4 is 0 Å². The van der Waals surface area contributed by atoms with Crippen LogP contribution in [0.15, 0.2) is 58.6 Å². The molecule has 0 aliphatic heterocycles. The van der Waals surface area contributed by atoms with Crippen LogP contribution in [0.2, 0.25) is 0 Å². The highest BCUT2D eigenvalue weighted by molar-refractivity contribution is 7.92. The first-order valence-electron chi connectivity index (χ1n) is 6.58. The predicted molar refractivity (Wildman–Crippen MR) is 84.7 cm³/mol. The van der Waals surface area contributed by atoms with Gasteiger partial charge in [0.1, 0.15) is 11.5 Å². The summed E-state index contributed by atoms with van der Waals surface area (Å²) in [5.74, 6) is -0.510. The van der Waals surface area contributed by atoms with Gasteiger partial charge in [0, 0.05) is 17.7 Å². The van der Waals surface area contributed by atoms with Gasteiger partial charge in [-0.25, -0.2) is 8.42 Å². The molecule has 0 aromatic heterocycles. The van der Waals surface area contributed by atoms with Gasteiger partial charge in [0.2, 0.25) is 0 Å². The standard InChI is InChI=1S/C15H14N2O5S/c1-11-2-8-14(9-3-11)23(21,22)10-15(16-18)12-4-6-13(7-5-12)17(19)20/h2-9,18H,10H2,1H3/b16-15+. The first-order valence-corrected chi connectivity index (χ1v) is 8.24. The fraction of sp³-hybridized carbons (Fsp3) is 0.133. The van der Waals surface area contributed by atoms with Gasteiger partial charge in [-0.2, -0.15) is 0 Å². The molecule has 0 unspecified atom stereocenters. The van der Waals surface area contributed by atoms with Crippen LogP contribution in [0.1, 0.15) is 11.1 Å². The van der Waals surface area contributed by atoms with E-state index in [-0.39, 0.29) is 16.3 Å². The SMILES string of the molecule is Cc1ccc(S(=O)(=O)C/C(=N\O)c2ccc([N+](=O)[O-])cc2)cc1. The smallest absolute Gasteiger partial charge is 0.269 e. The van der Waals surface area contributed by atoms with Crippen LogP contribution >= 0.6 is 0 Å². The molecule has 0 saturated heterocycles. The molecular weight excluding hydrogens is 320 g/mol. The van der Waals surface area contributed by atoms with Gasteiger partial charge in [0.05, 0.1) is 9.82 Å². The Labute approximate surface area is 133 Å². The lowest BCUT2D eigenvalue weighted by Crippen LogP contribution is -2.17. The maximum atomic E-state index is 12.4. The molecule has 0 heterocycles. The average molecular weight is 334 g/mol. The van der Waals surface area contributed by atoms with Crippen LogP contribution in [0.25, 0.3) is 0 Å². The van der Waals surface area contributed by atoms with Crippen molar-refractivity contribution >= 4 is 21.2 Å². The maximum Gasteiger partial charge on any atom is 0.269 e. The molecule has 0 aliphatic rings. The molecule has 0 fully saturated rings. The molecule has 8 heteroatoms. The zero-order valence-electron chi connectivity index (χ0n) is 12.2. The molecule has 23 heavy (non-hydrogen) atoms. The summed E-state index contributed by atoms with van der Waals surface area (Å²) in [5.41, 5.74) is 1.01. The Balaban J connectivity index is 2.28. The van der Waals surface area contributed by atoms with Gasteiger partial charge in [0.15, 0.2) is 9.84 Å². The van der Waals surface area contributed by atoms with Crippen molar-refractivity contribution in [1.29, 1.82) is 0 Å². The van der Waals surface area contributed by atoms with Gasteiger partial charge < -0.3 is 5.21 Å². The molecule has 2 aromatic rings. The molecule has 0 atom stereocenters. The third kappa shape index (κ3) is 3.92. The summed E-state index contributed by atoms with van der Waals surface area (Å²) >= 11 is 0. The van der Waals surface area contributed by atoms with E-state index < -0.39 is 20.5 Å². The predicted octanol–water partition coefficient (Wildman–Crippen LogP) is 2.56. The van der Waals surface area contributed by atoms with Crippen LogP contribution in [0.3, 0.4) is 0 Å². The second kappa shape index (κ2) is 6.57. The molecule has 0 saturated carbocycles. The lowest BCUT2D eigenvalue weighted by molar-refractivity contribution is -0.384. The normalized spacial score (nSPS) is 12.1. The number of non-ortho nitro benzene ring substituents is 1. The molecule has 120 valence electrons. The van der Waals surface area contributed by atoms with Crippen LogP contribution in [-0.4, -0.2) is 30.0 Å². The van der Waals surface area contributed by atoms with E-state index in [2.05, 4.69) is 5.16 Å². The number of nitro groups is 1. The van der Waals surface area contributed by atoms with Gasteiger partial charge in [-0.1, -0.05) is 22.9 Å². The fourth-order valence-corrected chi connectivity index (χ4v) is 3.26. The Morgan fingerprint density at radius 2 is 1.70 bits per heavy atom. The van der Waals surface area contributed by atoms with Gasteiger partial charge >= 0.3 is 0 Å². The van der Waals surface area contributed by atoms with Crippen molar-refractivity contribution in [2.45, 2.75) is 11.8 Å².